The summed E-state index contributed by atoms with van der Waals surface area (Å²) in [5.41, 5.74) is 2.05. The predicted molar refractivity (Wildman–Crippen MR) is 87.0 cm³/mol. The normalized spacial score (nSPS) is 11.1. The number of rotatable bonds is 4. The lowest BCUT2D eigenvalue weighted by Crippen LogP contribution is -2.44. The van der Waals surface area contributed by atoms with E-state index in [0.717, 1.165) is 16.7 Å². The summed E-state index contributed by atoms with van der Waals surface area (Å²) in [4.78, 5) is 16.9. The molecule has 3 N–H and O–H groups in total. The third-order valence-electron chi connectivity index (χ3n) is 3.46. The number of hydrogen-bond donors (Lipinski definition) is 3. The molecular formula is C17H20N2O4. The second-order valence-electron chi connectivity index (χ2n) is 5.83. The number of benzene rings is 1. The Morgan fingerprint density at radius 3 is 2.39 bits per heavy atom. The van der Waals surface area contributed by atoms with Gasteiger partial charge in [-0.3, -0.25) is 0 Å². The molecule has 1 heterocycles. The van der Waals surface area contributed by atoms with Crippen LogP contribution in [0.25, 0.3) is 5.57 Å². The molecule has 0 aliphatic rings. The Balaban J connectivity index is 2.16. The van der Waals surface area contributed by atoms with Crippen LogP contribution in [0.5, 0.6) is 11.8 Å². The molecule has 0 aliphatic carbocycles. The van der Waals surface area contributed by atoms with Gasteiger partial charge in [0.15, 0.2) is 0 Å². The molecule has 1 aromatic heterocycles. The van der Waals surface area contributed by atoms with E-state index in [-0.39, 0.29) is 11.8 Å². The zero-order chi connectivity index (χ0) is 17.2. The van der Waals surface area contributed by atoms with Crippen LogP contribution in [-0.2, 0) is 5.54 Å². The Morgan fingerprint density at radius 2 is 1.83 bits per heavy atom. The largest absolute Gasteiger partial charge is 0.492 e. The number of nitrogens with one attached hydrogen (secondary N) is 1. The molecule has 0 atom stereocenters. The summed E-state index contributed by atoms with van der Waals surface area (Å²) in [5.74, 6) is -0.750. The molecule has 2 aromatic rings. The quantitative estimate of drug-likeness (QED) is 0.809. The third-order valence-corrected chi connectivity index (χ3v) is 3.46. The maximum absolute atomic E-state index is 12.0. The fourth-order valence-electron chi connectivity index (χ4n) is 2.10. The third kappa shape index (κ3) is 3.66. The molecular weight excluding hydrogens is 296 g/mol. The van der Waals surface area contributed by atoms with E-state index in [2.05, 4.69) is 11.9 Å². The van der Waals surface area contributed by atoms with Crippen molar-refractivity contribution < 1.29 is 19.8 Å². The van der Waals surface area contributed by atoms with E-state index in [1.807, 2.05) is 45.0 Å². The Labute approximate surface area is 134 Å². The van der Waals surface area contributed by atoms with E-state index in [0.29, 0.717) is 4.73 Å². The first-order valence-corrected chi connectivity index (χ1v) is 7.07. The molecule has 6 nitrogen and oxygen atoms in total. The lowest BCUT2D eigenvalue weighted by atomic mass is 9.92. The molecule has 0 bridgehead atoms. The van der Waals surface area contributed by atoms with Crippen LogP contribution in [0.4, 0.5) is 4.79 Å². The second kappa shape index (κ2) is 6.08. The molecule has 0 aliphatic heterocycles. The van der Waals surface area contributed by atoms with Crippen molar-refractivity contribution in [3.63, 3.8) is 0 Å². The van der Waals surface area contributed by atoms with Gasteiger partial charge < -0.3 is 20.4 Å². The molecule has 0 spiro atoms. The van der Waals surface area contributed by atoms with Crippen LogP contribution in [0.1, 0.15) is 31.9 Å². The molecule has 122 valence electrons. The number of nitrogens with zero attached hydrogens (tertiary/aromatic N) is 1. The molecule has 23 heavy (non-hydrogen) atoms. The maximum atomic E-state index is 12.0. The number of aromatic hydroxyl groups is 2. The second-order valence-corrected chi connectivity index (χ2v) is 5.83. The minimum atomic E-state index is -0.808. The van der Waals surface area contributed by atoms with Gasteiger partial charge in [-0.1, -0.05) is 30.4 Å². The summed E-state index contributed by atoms with van der Waals surface area (Å²) < 4.78 is 0.635. The lowest BCUT2D eigenvalue weighted by Gasteiger charge is -2.27. The van der Waals surface area contributed by atoms with Crippen LogP contribution < -0.4 is 10.2 Å². The summed E-state index contributed by atoms with van der Waals surface area (Å²) in [5, 5.41) is 21.7. The highest BCUT2D eigenvalue weighted by Crippen LogP contribution is 2.24. The summed E-state index contributed by atoms with van der Waals surface area (Å²) >= 11 is 0. The predicted octanol–water partition coefficient (Wildman–Crippen LogP) is 3.01. The number of hydrogen-bond acceptors (Lipinski definition) is 4. The average Bonchev–Trinajstić information content (AvgIpc) is 2.78. The summed E-state index contributed by atoms with van der Waals surface area (Å²) in [7, 11) is 0. The molecule has 0 unspecified atom stereocenters. The van der Waals surface area contributed by atoms with Crippen LogP contribution in [-0.4, -0.2) is 21.0 Å². The maximum Gasteiger partial charge on any atom is 0.432 e. The monoisotopic (exact) mass is 316 g/mol. The van der Waals surface area contributed by atoms with Crippen LogP contribution >= 0.6 is 0 Å². The van der Waals surface area contributed by atoms with Gasteiger partial charge in [0, 0.05) is 12.1 Å². The van der Waals surface area contributed by atoms with E-state index >= 15 is 0 Å². The van der Waals surface area contributed by atoms with Gasteiger partial charge in [-0.15, -0.1) is 4.73 Å². The number of allylic oxidation sites excluding steroid dienone is 1. The van der Waals surface area contributed by atoms with Crippen LogP contribution in [0.15, 0.2) is 43.0 Å². The Bertz CT molecular complexity index is 727. The number of carbonyl (C=O) groups excluding carboxylic acids is 1. The minimum Gasteiger partial charge on any atom is -0.492 e. The molecule has 1 aromatic carbocycles. The number of aromatic nitrogens is 1. The first-order valence-electron chi connectivity index (χ1n) is 7.07. The first kappa shape index (κ1) is 16.5. The van der Waals surface area contributed by atoms with Gasteiger partial charge in [-0.05, 0) is 38.0 Å². The highest BCUT2D eigenvalue weighted by Gasteiger charge is 2.25. The molecule has 0 saturated carbocycles. The van der Waals surface area contributed by atoms with Crippen LogP contribution in [0.2, 0.25) is 0 Å². The molecule has 6 heteroatoms. The van der Waals surface area contributed by atoms with Crippen LogP contribution in [0, 0.1) is 0 Å². The average molecular weight is 316 g/mol. The standard InChI is InChI=1S/C17H20N2O4/c1-11(2)12-6-5-7-13(10-12)17(3,4)18-16(22)23-19-14(20)8-9-15(19)21/h5-10,20-21H,1H2,2-4H3,(H,18,22). The first-order chi connectivity index (χ1) is 10.7. The van der Waals surface area contributed by atoms with E-state index < -0.39 is 11.6 Å². The van der Waals surface area contributed by atoms with Crippen molar-refractivity contribution >= 4 is 11.7 Å². The topological polar surface area (TPSA) is 83.7 Å². The highest BCUT2D eigenvalue weighted by molar-refractivity contribution is 5.69. The summed E-state index contributed by atoms with van der Waals surface area (Å²) in [6.07, 6.45) is -0.808. The zero-order valence-electron chi connectivity index (χ0n) is 13.3. The van der Waals surface area contributed by atoms with Crippen LogP contribution in [0.3, 0.4) is 0 Å². The van der Waals surface area contributed by atoms with E-state index in [9.17, 15) is 15.0 Å². The van der Waals surface area contributed by atoms with Gasteiger partial charge >= 0.3 is 6.09 Å². The number of carbonyl (C=O) groups is 1. The van der Waals surface area contributed by atoms with Crippen molar-refractivity contribution in [3.05, 3.63) is 54.1 Å². The van der Waals surface area contributed by atoms with Gasteiger partial charge in [0.05, 0.1) is 5.54 Å². The highest BCUT2D eigenvalue weighted by atomic mass is 16.7. The SMILES string of the molecule is C=C(C)c1cccc(C(C)(C)NC(=O)On2c(O)ccc2O)c1. The molecule has 2 rings (SSSR count). The van der Waals surface area contributed by atoms with Crippen molar-refractivity contribution in [1.29, 1.82) is 0 Å². The summed E-state index contributed by atoms with van der Waals surface area (Å²) in [6, 6.07) is 10.1. The summed E-state index contributed by atoms with van der Waals surface area (Å²) in [6.45, 7) is 9.46. The van der Waals surface area contributed by atoms with Gasteiger partial charge in [0.2, 0.25) is 11.8 Å². The van der Waals surface area contributed by atoms with Gasteiger partial charge in [-0.25, -0.2) is 4.79 Å². The molecule has 0 saturated heterocycles. The van der Waals surface area contributed by atoms with Crippen molar-refractivity contribution in [2.45, 2.75) is 26.3 Å². The van der Waals surface area contributed by atoms with Gasteiger partial charge in [0.1, 0.15) is 0 Å². The van der Waals surface area contributed by atoms with E-state index in [4.69, 9.17) is 4.84 Å². The molecule has 0 radical (unpaired) electrons. The van der Waals surface area contributed by atoms with E-state index in [1.165, 1.54) is 12.1 Å². The van der Waals surface area contributed by atoms with Crippen molar-refractivity contribution in [3.8, 4) is 11.8 Å². The van der Waals surface area contributed by atoms with Crippen molar-refractivity contribution in [2.24, 2.45) is 0 Å². The van der Waals surface area contributed by atoms with Crippen molar-refractivity contribution in [1.82, 2.24) is 10.0 Å². The fraction of sp³-hybridized carbons (Fsp3) is 0.235. The van der Waals surface area contributed by atoms with Crippen molar-refractivity contribution in [2.75, 3.05) is 0 Å². The minimum absolute atomic E-state index is 0.375. The number of amides is 1. The Hall–Kier alpha value is -2.89. The lowest BCUT2D eigenvalue weighted by molar-refractivity contribution is 0.101. The van der Waals surface area contributed by atoms with Gasteiger partial charge in [-0.2, -0.15) is 0 Å². The Morgan fingerprint density at radius 1 is 1.22 bits per heavy atom. The van der Waals surface area contributed by atoms with E-state index in [1.54, 1.807) is 0 Å². The Kier molecular flexibility index (Phi) is 4.36. The smallest absolute Gasteiger partial charge is 0.432 e. The molecule has 0 fully saturated rings. The van der Waals surface area contributed by atoms with Gasteiger partial charge in [0.25, 0.3) is 0 Å². The zero-order valence-corrected chi connectivity index (χ0v) is 13.3. The molecule has 1 amide bonds. The fourth-order valence-corrected chi connectivity index (χ4v) is 2.10.